The van der Waals surface area contributed by atoms with Gasteiger partial charge in [0, 0.05) is 38.6 Å². The third kappa shape index (κ3) is 8.64. The number of carbonyl (C=O) groups excluding carboxylic acids is 1. The Hall–Kier alpha value is -2.99. The Bertz CT molecular complexity index is 1300. The number of likely N-dealkylation sites (tertiary alicyclic amines) is 2. The monoisotopic (exact) mass is 608 g/mol. The molecule has 0 bridgehead atoms. The molecule has 1 aliphatic carbocycles. The van der Waals surface area contributed by atoms with Gasteiger partial charge in [0.15, 0.2) is 0 Å². The molecule has 3 aromatic carbocycles. The summed E-state index contributed by atoms with van der Waals surface area (Å²) in [5, 5.41) is 11.4. The number of rotatable bonds is 12. The molecule has 2 aliphatic heterocycles. The van der Waals surface area contributed by atoms with Gasteiger partial charge in [0.25, 0.3) is 0 Å². The Labute approximate surface area is 270 Å². The van der Waals surface area contributed by atoms with Gasteiger partial charge in [0.2, 0.25) is 0 Å². The van der Waals surface area contributed by atoms with E-state index in [4.69, 9.17) is 4.74 Å². The van der Waals surface area contributed by atoms with Crippen LogP contribution in [-0.2, 0) is 22.6 Å². The molecule has 45 heavy (non-hydrogen) atoms. The molecule has 5 nitrogen and oxygen atoms in total. The van der Waals surface area contributed by atoms with Gasteiger partial charge >= 0.3 is 5.97 Å². The largest absolute Gasteiger partial charge is 0.460 e. The van der Waals surface area contributed by atoms with Gasteiger partial charge in [-0.05, 0) is 73.5 Å². The molecule has 2 saturated heterocycles. The lowest BCUT2D eigenvalue weighted by Crippen LogP contribution is -2.48. The summed E-state index contributed by atoms with van der Waals surface area (Å²) < 4.78 is 6.05. The lowest BCUT2D eigenvalue weighted by Gasteiger charge is -2.40. The SMILES string of the molecule is O=C(OCc1ccccc1)[C@@H](C1CCCCC1)N1C[C@H](CN2CCC(O)(CCCc3ccccc3)CC2)[C@@H](c2ccccc2)C1. The minimum Gasteiger partial charge on any atom is -0.460 e. The van der Waals surface area contributed by atoms with Crippen LogP contribution in [0.2, 0.25) is 0 Å². The summed E-state index contributed by atoms with van der Waals surface area (Å²) in [4.78, 5) is 19.0. The highest BCUT2D eigenvalue weighted by Crippen LogP contribution is 2.39. The molecule has 0 aromatic heterocycles. The third-order valence-corrected chi connectivity index (χ3v) is 10.9. The summed E-state index contributed by atoms with van der Waals surface area (Å²) in [6.45, 7) is 5.03. The molecular weight excluding hydrogens is 556 g/mol. The van der Waals surface area contributed by atoms with Crippen LogP contribution in [-0.4, -0.2) is 65.2 Å². The molecule has 0 radical (unpaired) electrons. The minimum atomic E-state index is -0.555. The van der Waals surface area contributed by atoms with Crippen LogP contribution in [0.4, 0.5) is 0 Å². The summed E-state index contributed by atoms with van der Waals surface area (Å²) >= 11 is 0. The van der Waals surface area contributed by atoms with Gasteiger partial charge in [0.05, 0.1) is 5.60 Å². The molecular formula is C40H52N2O3. The lowest BCUT2D eigenvalue weighted by molar-refractivity contribution is -0.154. The number of nitrogens with zero attached hydrogens (tertiary/aromatic N) is 2. The van der Waals surface area contributed by atoms with E-state index in [9.17, 15) is 9.90 Å². The van der Waals surface area contributed by atoms with Crippen LogP contribution in [0.1, 0.15) is 80.4 Å². The Morgan fingerprint density at radius 2 is 1.44 bits per heavy atom. The average Bonchev–Trinajstić information content (AvgIpc) is 3.50. The number of carbonyl (C=O) groups is 1. The van der Waals surface area contributed by atoms with Crippen LogP contribution >= 0.6 is 0 Å². The molecule has 2 heterocycles. The highest BCUT2D eigenvalue weighted by molar-refractivity contribution is 5.76. The number of aryl methyl sites for hydroxylation is 1. The second-order valence-electron chi connectivity index (χ2n) is 14.0. The molecule has 0 unspecified atom stereocenters. The lowest BCUT2D eigenvalue weighted by atomic mass is 9.83. The minimum absolute atomic E-state index is 0.0447. The summed E-state index contributed by atoms with van der Waals surface area (Å²) in [7, 11) is 0. The Morgan fingerprint density at radius 1 is 0.822 bits per heavy atom. The van der Waals surface area contributed by atoms with Crippen LogP contribution in [0.25, 0.3) is 0 Å². The van der Waals surface area contributed by atoms with Gasteiger partial charge in [-0.1, -0.05) is 110 Å². The quantitative estimate of drug-likeness (QED) is 0.220. The van der Waals surface area contributed by atoms with Crippen LogP contribution in [0.15, 0.2) is 91.0 Å². The number of hydrogen-bond donors (Lipinski definition) is 1. The number of aliphatic hydroxyl groups is 1. The topological polar surface area (TPSA) is 53.0 Å². The smallest absolute Gasteiger partial charge is 0.323 e. The predicted molar refractivity (Wildman–Crippen MR) is 181 cm³/mol. The van der Waals surface area contributed by atoms with Crippen LogP contribution in [0.5, 0.6) is 0 Å². The second-order valence-corrected chi connectivity index (χ2v) is 14.0. The molecule has 0 amide bonds. The summed E-state index contributed by atoms with van der Waals surface area (Å²) in [5.41, 5.74) is 3.21. The van der Waals surface area contributed by atoms with Crippen LogP contribution in [0, 0.1) is 11.8 Å². The van der Waals surface area contributed by atoms with Gasteiger partial charge in [-0.3, -0.25) is 9.69 Å². The molecule has 3 atom stereocenters. The first kappa shape index (κ1) is 32.0. The highest BCUT2D eigenvalue weighted by Gasteiger charge is 2.44. The molecule has 1 saturated carbocycles. The van der Waals surface area contributed by atoms with Crippen molar-refractivity contribution >= 4 is 5.97 Å². The van der Waals surface area contributed by atoms with E-state index in [0.717, 1.165) is 83.2 Å². The van der Waals surface area contributed by atoms with E-state index in [1.807, 2.05) is 30.3 Å². The first-order valence-corrected chi connectivity index (χ1v) is 17.5. The number of hydrogen-bond acceptors (Lipinski definition) is 5. The Balaban J connectivity index is 1.11. The number of esters is 1. The van der Waals surface area contributed by atoms with Crippen molar-refractivity contribution in [3.63, 3.8) is 0 Å². The fourth-order valence-corrected chi connectivity index (χ4v) is 8.30. The Kier molecular flexibility index (Phi) is 11.0. The summed E-state index contributed by atoms with van der Waals surface area (Å²) in [6.07, 6.45) is 10.5. The van der Waals surface area contributed by atoms with E-state index >= 15 is 0 Å². The average molecular weight is 609 g/mol. The third-order valence-electron chi connectivity index (χ3n) is 10.9. The van der Waals surface area contributed by atoms with Crippen molar-refractivity contribution in [2.75, 3.05) is 32.7 Å². The number of piperidine rings is 1. The molecule has 3 fully saturated rings. The maximum atomic E-state index is 13.9. The normalized spacial score (nSPS) is 23.5. The van der Waals surface area contributed by atoms with Crippen molar-refractivity contribution in [2.45, 2.75) is 88.4 Å². The standard InChI is InChI=1S/C40H52N2O3/c43-39(45-31-33-16-7-2-8-17-33)38(35-21-11-4-12-22-35)42-29-36(37(30-42)34-19-9-3-10-20-34)28-41-26-24-40(44,25-27-41)23-13-18-32-14-5-1-6-15-32/h1-3,5-10,14-17,19-20,35-38,44H,4,11-13,18,21-31H2/t36-,37+,38+/m0/s1. The zero-order valence-electron chi connectivity index (χ0n) is 26.9. The van der Waals surface area contributed by atoms with E-state index < -0.39 is 5.60 Å². The highest BCUT2D eigenvalue weighted by atomic mass is 16.5. The van der Waals surface area contributed by atoms with Gasteiger partial charge < -0.3 is 14.7 Å². The van der Waals surface area contributed by atoms with Crippen molar-refractivity contribution in [1.29, 1.82) is 0 Å². The van der Waals surface area contributed by atoms with E-state index in [1.165, 1.54) is 30.4 Å². The van der Waals surface area contributed by atoms with Crippen LogP contribution in [0.3, 0.4) is 0 Å². The molecule has 1 N–H and O–H groups in total. The van der Waals surface area contributed by atoms with Gasteiger partial charge in [0.1, 0.15) is 12.6 Å². The van der Waals surface area contributed by atoms with Crippen molar-refractivity contribution in [3.8, 4) is 0 Å². The van der Waals surface area contributed by atoms with E-state index in [2.05, 4.69) is 70.5 Å². The van der Waals surface area contributed by atoms with E-state index in [0.29, 0.717) is 24.4 Å². The van der Waals surface area contributed by atoms with Crippen molar-refractivity contribution in [3.05, 3.63) is 108 Å². The molecule has 5 heteroatoms. The van der Waals surface area contributed by atoms with Crippen LogP contribution < -0.4 is 0 Å². The van der Waals surface area contributed by atoms with Crippen molar-refractivity contribution < 1.29 is 14.6 Å². The molecule has 240 valence electrons. The first-order valence-electron chi connectivity index (χ1n) is 17.5. The zero-order valence-corrected chi connectivity index (χ0v) is 26.9. The second kappa shape index (κ2) is 15.5. The number of ether oxygens (including phenoxy) is 1. The molecule has 3 aliphatic rings. The fourth-order valence-electron chi connectivity index (χ4n) is 8.30. The molecule has 6 rings (SSSR count). The number of benzene rings is 3. The van der Waals surface area contributed by atoms with E-state index in [1.54, 1.807) is 0 Å². The van der Waals surface area contributed by atoms with Crippen molar-refractivity contribution in [1.82, 2.24) is 9.80 Å². The maximum absolute atomic E-state index is 13.9. The van der Waals surface area contributed by atoms with E-state index in [-0.39, 0.29) is 12.0 Å². The van der Waals surface area contributed by atoms with Gasteiger partial charge in [-0.25, -0.2) is 0 Å². The first-order chi connectivity index (χ1) is 22.1. The Morgan fingerprint density at radius 3 is 2.11 bits per heavy atom. The predicted octanol–water partition coefficient (Wildman–Crippen LogP) is 7.24. The maximum Gasteiger partial charge on any atom is 0.323 e. The zero-order chi connectivity index (χ0) is 30.9. The van der Waals surface area contributed by atoms with Gasteiger partial charge in [-0.15, -0.1) is 0 Å². The molecule has 3 aromatic rings. The summed E-state index contributed by atoms with van der Waals surface area (Å²) in [6, 6.07) is 31.5. The summed E-state index contributed by atoms with van der Waals surface area (Å²) in [5.74, 6) is 1.13. The van der Waals surface area contributed by atoms with Crippen molar-refractivity contribution in [2.24, 2.45) is 11.8 Å². The molecule has 0 spiro atoms. The fraction of sp³-hybridized carbons (Fsp3) is 0.525. The van der Waals surface area contributed by atoms with Gasteiger partial charge in [-0.2, -0.15) is 0 Å².